The topological polar surface area (TPSA) is 127 Å². The highest BCUT2D eigenvalue weighted by Gasteiger charge is 2.54. The molecule has 3 atom stereocenters. The van der Waals surface area contributed by atoms with Gasteiger partial charge in [0.1, 0.15) is 17.0 Å². The van der Waals surface area contributed by atoms with Gasteiger partial charge in [-0.1, -0.05) is 37.6 Å². The van der Waals surface area contributed by atoms with Crippen molar-refractivity contribution in [1.29, 1.82) is 0 Å². The normalized spacial score (nSPS) is 25.0. The minimum absolute atomic E-state index is 0.208. The third-order valence-corrected chi connectivity index (χ3v) is 12.2. The van der Waals surface area contributed by atoms with E-state index in [1.165, 1.54) is 22.4 Å². The number of anilines is 1. The third-order valence-electron chi connectivity index (χ3n) is 11.2. The number of halogens is 1. The predicted octanol–water partition coefficient (Wildman–Crippen LogP) is 7.52. The number of carboxylic acids is 1. The molecule has 1 aromatic heterocycles. The molecule has 1 heterocycles. The van der Waals surface area contributed by atoms with Crippen LogP contribution in [-0.4, -0.2) is 56.0 Å². The number of sulfonamides is 1. The van der Waals surface area contributed by atoms with Gasteiger partial charge in [-0.2, -0.15) is 0 Å². The molecule has 11 heteroatoms. The van der Waals surface area contributed by atoms with Crippen molar-refractivity contribution < 1.29 is 27.8 Å². The molecule has 9 nitrogen and oxygen atoms in total. The molecule has 3 aliphatic rings. The van der Waals surface area contributed by atoms with E-state index >= 15 is 0 Å². The van der Waals surface area contributed by atoms with E-state index < -0.39 is 21.5 Å². The fourth-order valence-corrected chi connectivity index (χ4v) is 9.39. The lowest BCUT2D eigenvalue weighted by atomic mass is 9.59. The van der Waals surface area contributed by atoms with Crippen molar-refractivity contribution in [3.63, 3.8) is 0 Å². The van der Waals surface area contributed by atoms with E-state index in [9.17, 15) is 18.3 Å². The van der Waals surface area contributed by atoms with E-state index in [0.717, 1.165) is 62.7 Å². The quantitative estimate of drug-likeness (QED) is 0.146. The Bertz CT molecular complexity index is 1790. The molecule has 1 saturated carbocycles. The molecule has 0 radical (unpaired) electrons. The van der Waals surface area contributed by atoms with Gasteiger partial charge >= 0.3 is 5.97 Å². The average molecular weight is 724 g/mol. The largest absolute Gasteiger partial charge is 0.494 e. The van der Waals surface area contributed by atoms with Crippen LogP contribution in [0.1, 0.15) is 93.5 Å². The highest BCUT2D eigenvalue weighted by atomic mass is 35.5. The van der Waals surface area contributed by atoms with Gasteiger partial charge in [0.25, 0.3) is 0 Å². The highest BCUT2D eigenvalue weighted by molar-refractivity contribution is 7.88. The molecule has 0 unspecified atom stereocenters. The highest BCUT2D eigenvalue weighted by Crippen LogP contribution is 2.56. The summed E-state index contributed by atoms with van der Waals surface area (Å²) in [5.41, 5.74) is 4.37. The van der Waals surface area contributed by atoms with Crippen LogP contribution in [0.15, 0.2) is 54.7 Å². The molecular weight excluding hydrogens is 674 g/mol. The Balaban J connectivity index is 1.21. The molecule has 1 spiro atoms. The molecule has 6 rings (SSSR count). The van der Waals surface area contributed by atoms with Crippen molar-refractivity contribution in [2.45, 2.75) is 94.9 Å². The maximum absolute atomic E-state index is 12.9. The number of fused-ring (bicyclic) bond motifs is 3. The summed E-state index contributed by atoms with van der Waals surface area (Å²) < 4.78 is 38.1. The molecule has 50 heavy (non-hydrogen) atoms. The summed E-state index contributed by atoms with van der Waals surface area (Å²) in [5, 5.41) is 14.5. The third kappa shape index (κ3) is 8.08. The second kappa shape index (κ2) is 15.1. The summed E-state index contributed by atoms with van der Waals surface area (Å²) in [4.78, 5) is 17.6. The Morgan fingerprint density at radius 2 is 1.92 bits per heavy atom. The molecular formula is C39H50ClN3O6S. The first-order chi connectivity index (χ1) is 23.9. The van der Waals surface area contributed by atoms with Crippen molar-refractivity contribution >= 4 is 33.3 Å². The summed E-state index contributed by atoms with van der Waals surface area (Å²) in [6, 6.07) is 15.6. The van der Waals surface area contributed by atoms with E-state index in [2.05, 4.69) is 41.0 Å². The number of hydrogen-bond acceptors (Lipinski definition) is 7. The number of rotatable bonds is 14. The zero-order valence-electron chi connectivity index (χ0n) is 29.3. The standard InChI is InChI=1S/C39H50ClN3O6S/c1-26(25-49-35-13-19-41-34-10-4-7-27(2)36(34)35)21-29-22-28-11-12-32(48-20-6-18-42-50(3,46)47)24-33(28)38(29)14-16-39(17-15-38,37(44)45)43-31-9-5-8-30(40)23-31/h5,8-9,11-13,19,23-24,26-27,29,42-43H,4,6-7,10,14-18,20-22,25H2,1-3H3,(H,44,45)/t26-,27-,29+,38?,39?/m1/s1. The average Bonchev–Trinajstić information content (AvgIpc) is 3.35. The number of aliphatic carboxylic acids is 1. The van der Waals surface area contributed by atoms with E-state index in [-0.39, 0.29) is 11.3 Å². The number of nitrogens with zero attached hydrogens (tertiary/aromatic N) is 1. The van der Waals surface area contributed by atoms with E-state index in [0.29, 0.717) is 61.6 Å². The smallest absolute Gasteiger partial charge is 0.329 e. The Hall–Kier alpha value is -3.34. The lowest BCUT2D eigenvalue weighted by Crippen LogP contribution is -2.53. The van der Waals surface area contributed by atoms with Gasteiger partial charge in [0.15, 0.2) is 0 Å². The van der Waals surface area contributed by atoms with Crippen LogP contribution >= 0.6 is 11.6 Å². The van der Waals surface area contributed by atoms with Crippen molar-refractivity contribution in [2.24, 2.45) is 11.8 Å². The lowest BCUT2D eigenvalue weighted by Gasteiger charge is -2.47. The number of aromatic nitrogens is 1. The number of carboxylic acid groups (broad SMARTS) is 1. The zero-order chi connectivity index (χ0) is 35.5. The number of pyridine rings is 1. The maximum atomic E-state index is 12.9. The van der Waals surface area contributed by atoms with Gasteiger partial charge in [-0.25, -0.2) is 17.9 Å². The summed E-state index contributed by atoms with van der Waals surface area (Å²) in [6.45, 7) is 5.83. The van der Waals surface area contributed by atoms with E-state index in [4.69, 9.17) is 21.1 Å². The minimum Gasteiger partial charge on any atom is -0.494 e. The Morgan fingerprint density at radius 1 is 1.12 bits per heavy atom. The van der Waals surface area contributed by atoms with Gasteiger partial charge in [0, 0.05) is 34.7 Å². The van der Waals surface area contributed by atoms with Crippen LogP contribution in [0.5, 0.6) is 11.5 Å². The number of aryl methyl sites for hydroxylation is 1. The van der Waals surface area contributed by atoms with Crippen molar-refractivity contribution in [1.82, 2.24) is 9.71 Å². The molecule has 0 saturated heterocycles. The van der Waals surface area contributed by atoms with Gasteiger partial charge in [0.2, 0.25) is 10.0 Å². The van der Waals surface area contributed by atoms with Crippen LogP contribution in [-0.2, 0) is 33.1 Å². The summed E-state index contributed by atoms with van der Waals surface area (Å²) in [5.74, 6) is 1.90. The number of carbonyl (C=O) groups is 1. The molecule has 0 aliphatic heterocycles. The van der Waals surface area contributed by atoms with Crippen LogP contribution in [0.4, 0.5) is 5.69 Å². The molecule has 270 valence electrons. The Labute approximate surface area is 301 Å². The first-order valence-electron chi connectivity index (χ1n) is 18.0. The zero-order valence-corrected chi connectivity index (χ0v) is 30.9. The molecule has 0 amide bonds. The number of nitrogens with one attached hydrogen (secondary N) is 2. The van der Waals surface area contributed by atoms with Gasteiger partial charge in [0.05, 0.1) is 19.5 Å². The van der Waals surface area contributed by atoms with E-state index in [1.807, 2.05) is 30.5 Å². The summed E-state index contributed by atoms with van der Waals surface area (Å²) in [7, 11) is -3.25. The predicted molar refractivity (Wildman–Crippen MR) is 197 cm³/mol. The minimum atomic E-state index is -3.25. The van der Waals surface area contributed by atoms with Crippen molar-refractivity contribution in [2.75, 3.05) is 31.3 Å². The SMILES string of the molecule is C[C@@H](COc1ccnc2c1[C@H](C)CCC2)C[C@H]1Cc2ccc(OCCCNS(C)(=O)=O)cc2C12CCC(Nc1cccc(Cl)c1)(C(=O)O)CC2. The van der Waals surface area contributed by atoms with Gasteiger partial charge in [-0.15, -0.1) is 0 Å². The van der Waals surface area contributed by atoms with E-state index in [1.54, 1.807) is 12.1 Å². The molecule has 3 N–H and O–H groups in total. The van der Waals surface area contributed by atoms with Crippen LogP contribution < -0.4 is 19.5 Å². The molecule has 2 aromatic carbocycles. The first kappa shape index (κ1) is 36.5. The Kier molecular flexibility index (Phi) is 11.0. The second-order valence-electron chi connectivity index (χ2n) is 14.9. The van der Waals surface area contributed by atoms with Gasteiger partial charge < -0.3 is 19.9 Å². The molecule has 3 aliphatic carbocycles. The number of ether oxygens (including phenoxy) is 2. The monoisotopic (exact) mass is 723 g/mol. The van der Waals surface area contributed by atoms with Crippen molar-refractivity contribution in [3.05, 3.63) is 82.1 Å². The molecule has 1 fully saturated rings. The fraction of sp³-hybridized carbons (Fsp3) is 0.538. The van der Waals surface area contributed by atoms with Gasteiger partial charge in [-0.3, -0.25) is 4.98 Å². The van der Waals surface area contributed by atoms with Gasteiger partial charge in [-0.05, 0) is 135 Å². The van der Waals surface area contributed by atoms with Crippen LogP contribution in [0, 0.1) is 11.8 Å². The first-order valence-corrected chi connectivity index (χ1v) is 20.2. The lowest BCUT2D eigenvalue weighted by molar-refractivity contribution is -0.144. The fourth-order valence-electron chi connectivity index (χ4n) is 8.69. The molecule has 3 aromatic rings. The van der Waals surface area contributed by atoms with Crippen molar-refractivity contribution in [3.8, 4) is 11.5 Å². The second-order valence-corrected chi connectivity index (χ2v) is 17.2. The van der Waals surface area contributed by atoms with Crippen LogP contribution in [0.25, 0.3) is 0 Å². The number of hydrogen-bond donors (Lipinski definition) is 3. The summed E-state index contributed by atoms with van der Waals surface area (Å²) in [6.07, 6.45) is 11.1. The maximum Gasteiger partial charge on any atom is 0.329 e. The van der Waals surface area contributed by atoms with Crippen LogP contribution in [0.3, 0.4) is 0 Å². The summed E-state index contributed by atoms with van der Waals surface area (Å²) >= 11 is 6.26. The Morgan fingerprint density at radius 3 is 2.66 bits per heavy atom. The van der Waals surface area contributed by atoms with Crippen LogP contribution in [0.2, 0.25) is 5.02 Å². The number of benzene rings is 2. The molecule has 0 bridgehead atoms.